The van der Waals surface area contributed by atoms with Crippen LogP contribution in [0.3, 0.4) is 0 Å². The van der Waals surface area contributed by atoms with Crippen LogP contribution in [0.25, 0.3) is 0 Å². The van der Waals surface area contributed by atoms with Crippen LogP contribution in [0, 0.1) is 11.8 Å². The number of nitrogens with two attached hydrogens (primary N) is 1. The Labute approximate surface area is 130 Å². The lowest BCUT2D eigenvalue weighted by molar-refractivity contribution is 0.0949. The molecule has 2 rings (SSSR count). The lowest BCUT2D eigenvalue weighted by Crippen LogP contribution is -2.30. The highest BCUT2D eigenvalue weighted by molar-refractivity contribution is 7.18. The van der Waals surface area contributed by atoms with E-state index in [9.17, 15) is 4.79 Å². The molecule has 0 aliphatic heterocycles. The first-order valence-electron chi connectivity index (χ1n) is 7.78. The second-order valence-electron chi connectivity index (χ2n) is 6.01. The van der Waals surface area contributed by atoms with Gasteiger partial charge in [-0.1, -0.05) is 38.0 Å². The number of nitrogens with one attached hydrogen (secondary N) is 1. The van der Waals surface area contributed by atoms with Crippen molar-refractivity contribution in [2.45, 2.75) is 39.5 Å². The first-order valence-corrected chi connectivity index (χ1v) is 8.60. The molecule has 1 fully saturated rings. The van der Waals surface area contributed by atoms with E-state index in [0.29, 0.717) is 22.5 Å². The minimum Gasteiger partial charge on any atom is -0.382 e. The molecule has 21 heavy (non-hydrogen) atoms. The number of amides is 1. The van der Waals surface area contributed by atoms with Gasteiger partial charge >= 0.3 is 0 Å². The summed E-state index contributed by atoms with van der Waals surface area (Å²) in [6.45, 7) is 6.04. The van der Waals surface area contributed by atoms with E-state index >= 15 is 0 Å². The SMILES string of the molecule is CCCN(C)c1nc(N)c(C(=O)NCC2CCCC2C)s1. The molecule has 3 N–H and O–H groups in total. The fourth-order valence-corrected chi connectivity index (χ4v) is 3.80. The van der Waals surface area contributed by atoms with Gasteiger partial charge in [-0.2, -0.15) is 0 Å². The second-order valence-corrected chi connectivity index (χ2v) is 6.99. The first-order chi connectivity index (χ1) is 10.0. The van der Waals surface area contributed by atoms with Crippen molar-refractivity contribution in [3.8, 4) is 0 Å². The van der Waals surface area contributed by atoms with Crippen molar-refractivity contribution in [1.82, 2.24) is 10.3 Å². The number of rotatable bonds is 6. The number of anilines is 2. The van der Waals surface area contributed by atoms with E-state index < -0.39 is 0 Å². The van der Waals surface area contributed by atoms with Gasteiger partial charge in [-0.25, -0.2) is 4.98 Å². The Bertz CT molecular complexity index is 488. The number of nitrogen functional groups attached to an aromatic ring is 1. The van der Waals surface area contributed by atoms with Gasteiger partial charge in [0.25, 0.3) is 5.91 Å². The Kier molecular flexibility index (Phi) is 5.45. The third kappa shape index (κ3) is 3.87. The monoisotopic (exact) mass is 310 g/mol. The Hall–Kier alpha value is -1.30. The van der Waals surface area contributed by atoms with E-state index in [1.54, 1.807) is 0 Å². The van der Waals surface area contributed by atoms with Gasteiger partial charge in [-0.05, 0) is 24.7 Å². The molecule has 5 nitrogen and oxygen atoms in total. The van der Waals surface area contributed by atoms with Crippen molar-refractivity contribution in [3.05, 3.63) is 4.88 Å². The summed E-state index contributed by atoms with van der Waals surface area (Å²) in [4.78, 5) is 19.2. The van der Waals surface area contributed by atoms with Crippen LogP contribution in [0.4, 0.5) is 10.9 Å². The molecule has 1 heterocycles. The zero-order valence-corrected chi connectivity index (χ0v) is 14.0. The van der Waals surface area contributed by atoms with Gasteiger partial charge in [0.1, 0.15) is 10.7 Å². The predicted molar refractivity (Wildman–Crippen MR) is 88.9 cm³/mol. The Morgan fingerprint density at radius 1 is 1.52 bits per heavy atom. The van der Waals surface area contributed by atoms with Gasteiger partial charge in [-0.15, -0.1) is 0 Å². The lowest BCUT2D eigenvalue weighted by atomic mass is 9.98. The molecule has 1 aromatic heterocycles. The normalized spacial score (nSPS) is 21.5. The van der Waals surface area contributed by atoms with Crippen molar-refractivity contribution in [3.63, 3.8) is 0 Å². The van der Waals surface area contributed by atoms with E-state index in [2.05, 4.69) is 24.1 Å². The Morgan fingerprint density at radius 2 is 2.29 bits per heavy atom. The summed E-state index contributed by atoms with van der Waals surface area (Å²) in [6.07, 6.45) is 4.80. The van der Waals surface area contributed by atoms with Crippen LogP contribution in [-0.4, -0.2) is 31.0 Å². The topological polar surface area (TPSA) is 71.2 Å². The maximum atomic E-state index is 12.3. The third-order valence-electron chi connectivity index (χ3n) is 4.30. The Morgan fingerprint density at radius 3 is 2.90 bits per heavy atom. The van der Waals surface area contributed by atoms with Gasteiger partial charge in [0, 0.05) is 20.1 Å². The number of hydrogen-bond donors (Lipinski definition) is 2. The van der Waals surface area contributed by atoms with Gasteiger partial charge in [0.15, 0.2) is 5.13 Å². The average Bonchev–Trinajstić information content (AvgIpc) is 3.02. The van der Waals surface area contributed by atoms with Crippen LogP contribution in [0.1, 0.15) is 49.2 Å². The van der Waals surface area contributed by atoms with E-state index in [1.807, 2.05) is 11.9 Å². The van der Waals surface area contributed by atoms with Crippen LogP contribution >= 0.6 is 11.3 Å². The molecule has 2 atom stereocenters. The molecule has 6 heteroatoms. The van der Waals surface area contributed by atoms with Gasteiger partial charge in [0.2, 0.25) is 0 Å². The summed E-state index contributed by atoms with van der Waals surface area (Å²) in [5.41, 5.74) is 5.90. The van der Waals surface area contributed by atoms with Crippen molar-refractivity contribution in [2.24, 2.45) is 11.8 Å². The number of nitrogens with zero attached hydrogens (tertiary/aromatic N) is 2. The summed E-state index contributed by atoms with van der Waals surface area (Å²) in [7, 11) is 1.98. The van der Waals surface area contributed by atoms with Crippen molar-refractivity contribution in [2.75, 3.05) is 30.8 Å². The molecular formula is C15H26N4OS. The molecule has 1 saturated carbocycles. The minimum absolute atomic E-state index is 0.0831. The summed E-state index contributed by atoms with van der Waals surface area (Å²) in [5, 5.41) is 3.84. The van der Waals surface area contributed by atoms with Crippen LogP contribution in [0.2, 0.25) is 0 Å². The summed E-state index contributed by atoms with van der Waals surface area (Å²) in [6, 6.07) is 0. The molecule has 1 aromatic rings. The number of carbonyl (C=O) groups is 1. The van der Waals surface area contributed by atoms with Crippen molar-refractivity contribution < 1.29 is 4.79 Å². The van der Waals surface area contributed by atoms with Crippen LogP contribution in [0.5, 0.6) is 0 Å². The summed E-state index contributed by atoms with van der Waals surface area (Å²) >= 11 is 1.38. The number of aromatic nitrogens is 1. The fourth-order valence-electron chi connectivity index (χ4n) is 2.91. The second kappa shape index (κ2) is 7.11. The van der Waals surface area contributed by atoms with E-state index in [0.717, 1.165) is 24.6 Å². The molecule has 0 aromatic carbocycles. The van der Waals surface area contributed by atoms with E-state index in [4.69, 9.17) is 5.73 Å². The molecule has 1 aliphatic carbocycles. The standard InChI is InChI=1S/C15H26N4OS/c1-4-8-19(3)15-18-13(16)12(21-15)14(20)17-9-11-7-5-6-10(11)2/h10-11H,4-9,16H2,1-3H3,(H,17,20). The first kappa shape index (κ1) is 16.1. The van der Waals surface area contributed by atoms with E-state index in [-0.39, 0.29) is 5.91 Å². The molecule has 0 radical (unpaired) electrons. The highest BCUT2D eigenvalue weighted by atomic mass is 32.1. The minimum atomic E-state index is -0.0831. The predicted octanol–water partition coefficient (Wildman–Crippen LogP) is 2.74. The lowest BCUT2D eigenvalue weighted by Gasteiger charge is -2.15. The molecule has 1 aliphatic rings. The molecular weight excluding hydrogens is 284 g/mol. The number of thiazole rings is 1. The molecule has 0 bridgehead atoms. The zero-order valence-electron chi connectivity index (χ0n) is 13.2. The van der Waals surface area contributed by atoms with E-state index in [1.165, 1.54) is 30.6 Å². The fraction of sp³-hybridized carbons (Fsp3) is 0.733. The molecule has 118 valence electrons. The largest absolute Gasteiger partial charge is 0.382 e. The zero-order chi connectivity index (χ0) is 15.4. The number of hydrogen-bond acceptors (Lipinski definition) is 5. The van der Waals surface area contributed by atoms with Crippen LogP contribution in [0.15, 0.2) is 0 Å². The summed E-state index contributed by atoms with van der Waals surface area (Å²) < 4.78 is 0. The molecule has 0 saturated heterocycles. The van der Waals surface area contributed by atoms with Crippen LogP contribution in [-0.2, 0) is 0 Å². The van der Waals surface area contributed by atoms with Crippen molar-refractivity contribution >= 4 is 28.2 Å². The highest BCUT2D eigenvalue weighted by Gasteiger charge is 2.25. The smallest absolute Gasteiger partial charge is 0.265 e. The maximum absolute atomic E-state index is 12.3. The van der Waals surface area contributed by atoms with Gasteiger partial charge in [-0.3, -0.25) is 4.79 Å². The van der Waals surface area contributed by atoms with Crippen molar-refractivity contribution in [1.29, 1.82) is 0 Å². The highest BCUT2D eigenvalue weighted by Crippen LogP contribution is 2.31. The quantitative estimate of drug-likeness (QED) is 0.847. The van der Waals surface area contributed by atoms with Crippen LogP contribution < -0.4 is 16.0 Å². The van der Waals surface area contributed by atoms with Gasteiger partial charge in [0.05, 0.1) is 0 Å². The molecule has 2 unspecified atom stereocenters. The Balaban J connectivity index is 1.95. The third-order valence-corrected chi connectivity index (χ3v) is 5.48. The maximum Gasteiger partial charge on any atom is 0.265 e. The molecule has 1 amide bonds. The van der Waals surface area contributed by atoms with Gasteiger partial charge < -0.3 is 16.0 Å². The summed E-state index contributed by atoms with van der Waals surface area (Å²) in [5.74, 6) is 1.57. The number of carbonyl (C=O) groups excluding carboxylic acids is 1. The average molecular weight is 310 g/mol. The molecule has 0 spiro atoms.